The average molecular weight is 224 g/mol. The van der Waals surface area contributed by atoms with Gasteiger partial charge in [0.2, 0.25) is 0 Å². The molecule has 16 heavy (non-hydrogen) atoms. The van der Waals surface area contributed by atoms with Gasteiger partial charge in [-0.1, -0.05) is 13.3 Å². The molecule has 2 fully saturated rings. The van der Waals surface area contributed by atoms with E-state index in [0.717, 1.165) is 32.1 Å². The van der Waals surface area contributed by atoms with Crippen LogP contribution in [0.3, 0.4) is 0 Å². The maximum Gasteiger partial charge on any atom is 0.309 e. The Morgan fingerprint density at radius 1 is 1.38 bits per heavy atom. The molecule has 3 heteroatoms. The topological polar surface area (TPSA) is 43.4 Å². The van der Waals surface area contributed by atoms with Crippen LogP contribution < -0.4 is 0 Å². The Labute approximate surface area is 96.5 Å². The first-order valence-corrected chi connectivity index (χ1v) is 6.43. The number of fused-ring (bicyclic) bond motifs is 1. The van der Waals surface area contributed by atoms with E-state index in [1.807, 2.05) is 0 Å². The van der Waals surface area contributed by atoms with Crippen LogP contribution in [0.4, 0.5) is 0 Å². The predicted molar refractivity (Wildman–Crippen MR) is 59.8 cm³/mol. The normalized spacial score (nSPS) is 32.8. The summed E-state index contributed by atoms with van der Waals surface area (Å²) in [6, 6.07) is 0. The zero-order chi connectivity index (χ0) is 11.5. The van der Waals surface area contributed by atoms with E-state index in [1.165, 1.54) is 0 Å². The number of hydrogen-bond donors (Lipinski definition) is 0. The van der Waals surface area contributed by atoms with Gasteiger partial charge in [0.25, 0.3) is 0 Å². The number of ether oxygens (including phenoxy) is 1. The van der Waals surface area contributed by atoms with Crippen molar-refractivity contribution in [3.63, 3.8) is 0 Å². The van der Waals surface area contributed by atoms with E-state index in [0.29, 0.717) is 24.7 Å². The van der Waals surface area contributed by atoms with Crippen LogP contribution in [0.5, 0.6) is 0 Å². The second-order valence-electron chi connectivity index (χ2n) is 5.00. The predicted octanol–water partition coefficient (Wildman–Crippen LogP) is 2.33. The molecule has 0 heterocycles. The molecule has 90 valence electrons. The van der Waals surface area contributed by atoms with E-state index >= 15 is 0 Å². The summed E-state index contributed by atoms with van der Waals surface area (Å²) in [6.45, 7) is 2.58. The van der Waals surface area contributed by atoms with Gasteiger partial charge in [0.1, 0.15) is 5.78 Å². The van der Waals surface area contributed by atoms with Crippen LogP contribution in [0.25, 0.3) is 0 Å². The number of Topliss-reactive ketones (excluding diaryl/α,β-unsaturated/α-hetero) is 1. The molecular weight excluding hydrogens is 204 g/mol. The van der Waals surface area contributed by atoms with Gasteiger partial charge in [-0.2, -0.15) is 0 Å². The van der Waals surface area contributed by atoms with Crippen LogP contribution in [0, 0.1) is 17.8 Å². The maximum atomic E-state index is 11.8. The van der Waals surface area contributed by atoms with Crippen molar-refractivity contribution in [1.29, 1.82) is 0 Å². The Bertz CT molecular complexity index is 285. The number of unbranched alkanes of at least 4 members (excludes halogenated alkanes) is 1. The highest BCUT2D eigenvalue weighted by atomic mass is 16.5. The summed E-state index contributed by atoms with van der Waals surface area (Å²) < 4.78 is 5.23. The van der Waals surface area contributed by atoms with Crippen molar-refractivity contribution in [1.82, 2.24) is 0 Å². The van der Waals surface area contributed by atoms with Crippen molar-refractivity contribution < 1.29 is 14.3 Å². The quantitative estimate of drug-likeness (QED) is 0.543. The number of esters is 1. The number of rotatable bonds is 4. The SMILES string of the molecule is CCCCOC(=O)[C@H]1CC[C@@H]2CCC(=O)[C@@H]21. The van der Waals surface area contributed by atoms with Gasteiger partial charge in [-0.25, -0.2) is 0 Å². The summed E-state index contributed by atoms with van der Waals surface area (Å²) in [5, 5.41) is 0. The third-order valence-electron chi connectivity index (χ3n) is 3.97. The largest absolute Gasteiger partial charge is 0.465 e. The number of carbonyl (C=O) groups is 2. The first kappa shape index (κ1) is 11.6. The third-order valence-corrected chi connectivity index (χ3v) is 3.97. The fourth-order valence-corrected chi connectivity index (χ4v) is 3.08. The minimum atomic E-state index is -0.129. The molecule has 2 aliphatic carbocycles. The van der Waals surface area contributed by atoms with Crippen LogP contribution >= 0.6 is 0 Å². The van der Waals surface area contributed by atoms with Gasteiger partial charge in [0.15, 0.2) is 0 Å². The van der Waals surface area contributed by atoms with Gasteiger partial charge in [0, 0.05) is 12.3 Å². The molecule has 0 bridgehead atoms. The lowest BCUT2D eigenvalue weighted by atomic mass is 9.91. The molecule has 0 aromatic rings. The van der Waals surface area contributed by atoms with Crippen LogP contribution in [-0.2, 0) is 14.3 Å². The van der Waals surface area contributed by atoms with Gasteiger partial charge in [-0.3, -0.25) is 9.59 Å². The van der Waals surface area contributed by atoms with Crippen molar-refractivity contribution in [2.75, 3.05) is 6.61 Å². The Hall–Kier alpha value is -0.860. The standard InChI is InChI=1S/C13H20O3/c1-2-3-8-16-13(15)10-6-4-9-5-7-11(14)12(9)10/h9-10,12H,2-8H2,1H3/t9-,10+,12+/m1/s1. The van der Waals surface area contributed by atoms with Crippen molar-refractivity contribution >= 4 is 11.8 Å². The van der Waals surface area contributed by atoms with Crippen molar-refractivity contribution in [2.24, 2.45) is 17.8 Å². The van der Waals surface area contributed by atoms with Gasteiger partial charge < -0.3 is 4.74 Å². The fourth-order valence-electron chi connectivity index (χ4n) is 3.08. The number of carbonyl (C=O) groups excluding carboxylic acids is 2. The second-order valence-corrected chi connectivity index (χ2v) is 5.00. The Morgan fingerprint density at radius 2 is 2.19 bits per heavy atom. The molecule has 2 saturated carbocycles. The highest BCUT2D eigenvalue weighted by molar-refractivity contribution is 5.89. The molecule has 0 saturated heterocycles. The Kier molecular flexibility index (Phi) is 3.62. The average Bonchev–Trinajstić information content (AvgIpc) is 2.82. The first-order chi connectivity index (χ1) is 7.74. The molecule has 0 spiro atoms. The van der Waals surface area contributed by atoms with Gasteiger partial charge in [-0.15, -0.1) is 0 Å². The van der Waals surface area contributed by atoms with Crippen molar-refractivity contribution in [3.05, 3.63) is 0 Å². The third kappa shape index (κ3) is 2.13. The van der Waals surface area contributed by atoms with E-state index in [-0.39, 0.29) is 17.8 Å². The van der Waals surface area contributed by atoms with Crippen molar-refractivity contribution in [3.8, 4) is 0 Å². The van der Waals surface area contributed by atoms with Gasteiger partial charge in [-0.05, 0) is 31.6 Å². The summed E-state index contributed by atoms with van der Waals surface area (Å²) in [7, 11) is 0. The minimum Gasteiger partial charge on any atom is -0.465 e. The molecule has 0 unspecified atom stereocenters. The number of hydrogen-bond acceptors (Lipinski definition) is 3. The lowest BCUT2D eigenvalue weighted by Crippen LogP contribution is -2.26. The summed E-state index contributed by atoms with van der Waals surface area (Å²) in [5.41, 5.74) is 0. The molecule has 3 atom stereocenters. The summed E-state index contributed by atoms with van der Waals surface area (Å²) in [4.78, 5) is 23.5. The summed E-state index contributed by atoms with van der Waals surface area (Å²) >= 11 is 0. The molecule has 0 aromatic carbocycles. The lowest BCUT2D eigenvalue weighted by molar-refractivity contribution is -0.151. The van der Waals surface area contributed by atoms with Gasteiger partial charge >= 0.3 is 5.97 Å². The molecule has 0 aromatic heterocycles. The second kappa shape index (κ2) is 4.98. The molecule has 0 aliphatic heterocycles. The summed E-state index contributed by atoms with van der Waals surface area (Å²) in [5.74, 6) is 0.498. The molecule has 2 rings (SSSR count). The lowest BCUT2D eigenvalue weighted by Gasteiger charge is -2.15. The van der Waals surface area contributed by atoms with Crippen LogP contribution in [-0.4, -0.2) is 18.4 Å². The molecule has 3 nitrogen and oxygen atoms in total. The van der Waals surface area contributed by atoms with E-state index in [1.54, 1.807) is 0 Å². The fraction of sp³-hybridized carbons (Fsp3) is 0.846. The molecule has 0 amide bonds. The van der Waals surface area contributed by atoms with E-state index in [9.17, 15) is 9.59 Å². The minimum absolute atomic E-state index is 0.00544. The Morgan fingerprint density at radius 3 is 2.94 bits per heavy atom. The van der Waals surface area contributed by atoms with Crippen LogP contribution in [0.1, 0.15) is 45.4 Å². The Balaban J connectivity index is 1.89. The number of ketones is 1. The van der Waals surface area contributed by atoms with Gasteiger partial charge in [0.05, 0.1) is 12.5 Å². The monoisotopic (exact) mass is 224 g/mol. The molecule has 0 N–H and O–H groups in total. The highest BCUT2D eigenvalue weighted by Crippen LogP contribution is 2.45. The molecular formula is C13H20O3. The van der Waals surface area contributed by atoms with E-state index in [4.69, 9.17) is 4.74 Å². The van der Waals surface area contributed by atoms with E-state index in [2.05, 4.69) is 6.92 Å². The van der Waals surface area contributed by atoms with Crippen LogP contribution in [0.15, 0.2) is 0 Å². The molecule has 2 aliphatic rings. The highest BCUT2D eigenvalue weighted by Gasteiger charge is 2.48. The zero-order valence-electron chi connectivity index (χ0n) is 9.91. The summed E-state index contributed by atoms with van der Waals surface area (Å²) in [6.07, 6.45) is 5.50. The molecule has 0 radical (unpaired) electrons. The van der Waals surface area contributed by atoms with Crippen LogP contribution in [0.2, 0.25) is 0 Å². The van der Waals surface area contributed by atoms with E-state index < -0.39 is 0 Å². The smallest absolute Gasteiger partial charge is 0.309 e. The first-order valence-electron chi connectivity index (χ1n) is 6.43. The zero-order valence-corrected chi connectivity index (χ0v) is 9.91. The van der Waals surface area contributed by atoms with Crippen molar-refractivity contribution in [2.45, 2.75) is 45.4 Å². The maximum absolute atomic E-state index is 11.8.